The number of aliphatic carboxylic acids is 1. The van der Waals surface area contributed by atoms with Gasteiger partial charge in [0.05, 0.1) is 5.75 Å². The van der Waals surface area contributed by atoms with Gasteiger partial charge < -0.3 is 5.11 Å². The summed E-state index contributed by atoms with van der Waals surface area (Å²) in [6.45, 7) is 1.43. The Kier molecular flexibility index (Phi) is 3.74. The van der Waals surface area contributed by atoms with Crippen molar-refractivity contribution in [2.45, 2.75) is 12.1 Å². The summed E-state index contributed by atoms with van der Waals surface area (Å²) in [5.41, 5.74) is -0.00458. The van der Waals surface area contributed by atoms with Gasteiger partial charge in [-0.1, -0.05) is 11.8 Å². The van der Waals surface area contributed by atoms with E-state index in [1.54, 1.807) is 0 Å². The number of thioether (sulfide) groups is 1. The standard InChI is InChI=1S/C10H8F2N4O2S/c1-5-2-7(12)8(3-6(5)11)16-10(13-14-15-16)19-4-9(17)18/h2-3H,4H2,1H3,(H,17,18). The van der Waals surface area contributed by atoms with Gasteiger partial charge in [-0.15, -0.1) is 5.10 Å². The number of aromatic nitrogens is 4. The van der Waals surface area contributed by atoms with Crippen molar-refractivity contribution in [3.63, 3.8) is 0 Å². The molecule has 9 heteroatoms. The largest absolute Gasteiger partial charge is 0.481 e. The molecule has 19 heavy (non-hydrogen) atoms. The number of carboxylic acids is 1. The number of aryl methyl sites for hydroxylation is 1. The van der Waals surface area contributed by atoms with E-state index < -0.39 is 17.6 Å². The summed E-state index contributed by atoms with van der Waals surface area (Å²) in [5.74, 6) is -2.63. The van der Waals surface area contributed by atoms with Crippen molar-refractivity contribution in [1.29, 1.82) is 0 Å². The SMILES string of the molecule is Cc1cc(F)c(-n2nnnc2SCC(=O)O)cc1F. The highest BCUT2D eigenvalue weighted by Crippen LogP contribution is 2.22. The van der Waals surface area contributed by atoms with E-state index in [1.165, 1.54) is 6.92 Å². The van der Waals surface area contributed by atoms with E-state index in [2.05, 4.69) is 15.5 Å². The number of halogens is 2. The van der Waals surface area contributed by atoms with Crippen LogP contribution in [0.5, 0.6) is 0 Å². The van der Waals surface area contributed by atoms with Gasteiger partial charge in [0.1, 0.15) is 17.3 Å². The molecule has 0 saturated heterocycles. The van der Waals surface area contributed by atoms with Gasteiger partial charge in [-0.25, -0.2) is 8.78 Å². The van der Waals surface area contributed by atoms with Crippen LogP contribution in [-0.2, 0) is 4.79 Å². The lowest BCUT2D eigenvalue weighted by Gasteiger charge is -2.06. The van der Waals surface area contributed by atoms with E-state index in [0.717, 1.165) is 28.6 Å². The molecule has 0 saturated carbocycles. The zero-order valence-electron chi connectivity index (χ0n) is 9.67. The molecule has 6 nitrogen and oxygen atoms in total. The number of tetrazole rings is 1. The predicted octanol–water partition coefficient (Wildman–Crippen LogP) is 1.43. The highest BCUT2D eigenvalue weighted by atomic mass is 32.2. The van der Waals surface area contributed by atoms with Crippen molar-refractivity contribution >= 4 is 17.7 Å². The highest BCUT2D eigenvalue weighted by molar-refractivity contribution is 7.99. The molecule has 1 aromatic heterocycles. The van der Waals surface area contributed by atoms with Crippen molar-refractivity contribution in [3.05, 3.63) is 29.3 Å². The summed E-state index contributed by atoms with van der Waals surface area (Å²) in [7, 11) is 0. The molecule has 0 aliphatic carbocycles. The number of benzene rings is 1. The Morgan fingerprint density at radius 1 is 1.42 bits per heavy atom. The highest BCUT2D eigenvalue weighted by Gasteiger charge is 2.16. The number of nitrogens with zero attached hydrogens (tertiary/aromatic N) is 4. The topological polar surface area (TPSA) is 80.9 Å². The van der Waals surface area contributed by atoms with Crippen molar-refractivity contribution in [2.24, 2.45) is 0 Å². The number of hydrogen-bond acceptors (Lipinski definition) is 5. The van der Waals surface area contributed by atoms with Crippen molar-refractivity contribution in [3.8, 4) is 5.69 Å². The van der Waals surface area contributed by atoms with Gasteiger partial charge >= 0.3 is 5.97 Å². The van der Waals surface area contributed by atoms with Crippen LogP contribution < -0.4 is 0 Å². The Morgan fingerprint density at radius 3 is 2.84 bits per heavy atom. The first kappa shape index (κ1) is 13.4. The average Bonchev–Trinajstić information content (AvgIpc) is 2.79. The van der Waals surface area contributed by atoms with Gasteiger partial charge in [0, 0.05) is 6.07 Å². The van der Waals surface area contributed by atoms with E-state index in [1.807, 2.05) is 0 Å². The summed E-state index contributed by atoms with van der Waals surface area (Å²) >= 11 is 0.814. The predicted molar refractivity (Wildman–Crippen MR) is 62.2 cm³/mol. The summed E-state index contributed by atoms with van der Waals surface area (Å²) in [6.07, 6.45) is 0. The molecule has 0 bridgehead atoms. The fourth-order valence-corrected chi connectivity index (χ4v) is 1.95. The third-order valence-corrected chi connectivity index (χ3v) is 3.13. The second kappa shape index (κ2) is 5.31. The number of rotatable bonds is 4. The van der Waals surface area contributed by atoms with Crippen molar-refractivity contribution < 1.29 is 18.7 Å². The van der Waals surface area contributed by atoms with Gasteiger partial charge in [0.25, 0.3) is 0 Å². The molecule has 0 radical (unpaired) electrons. The molecule has 0 spiro atoms. The van der Waals surface area contributed by atoms with Gasteiger partial charge in [-0.3, -0.25) is 4.79 Å². The smallest absolute Gasteiger partial charge is 0.313 e. The second-order valence-corrected chi connectivity index (χ2v) is 4.55. The van der Waals surface area contributed by atoms with Gasteiger partial charge in [0.15, 0.2) is 0 Å². The second-order valence-electron chi connectivity index (χ2n) is 3.61. The minimum Gasteiger partial charge on any atom is -0.481 e. The van der Waals surface area contributed by atoms with Crippen LogP contribution in [0.4, 0.5) is 8.78 Å². The minimum absolute atomic E-state index is 0.0737. The first-order chi connectivity index (χ1) is 8.99. The number of hydrogen-bond donors (Lipinski definition) is 1. The molecular weight excluding hydrogens is 278 g/mol. The molecule has 0 amide bonds. The van der Waals surface area contributed by atoms with E-state index in [0.29, 0.717) is 0 Å². The molecule has 100 valence electrons. The van der Waals surface area contributed by atoms with Crippen LogP contribution in [0.25, 0.3) is 5.69 Å². The summed E-state index contributed by atoms with van der Waals surface area (Å²) in [5, 5.41) is 19.1. The number of carbonyl (C=O) groups is 1. The molecule has 0 unspecified atom stereocenters. The quantitative estimate of drug-likeness (QED) is 0.856. The molecule has 0 atom stereocenters. The molecule has 2 aromatic rings. The van der Waals surface area contributed by atoms with E-state index in [9.17, 15) is 13.6 Å². The lowest BCUT2D eigenvalue weighted by molar-refractivity contribution is -0.133. The molecule has 1 N–H and O–H groups in total. The number of carboxylic acid groups (broad SMARTS) is 1. The summed E-state index contributed by atoms with van der Waals surface area (Å²) in [4.78, 5) is 10.5. The van der Waals surface area contributed by atoms with E-state index in [-0.39, 0.29) is 22.2 Å². The monoisotopic (exact) mass is 286 g/mol. The van der Waals surface area contributed by atoms with Crippen LogP contribution in [0, 0.1) is 18.6 Å². The molecule has 2 rings (SSSR count). The van der Waals surface area contributed by atoms with E-state index >= 15 is 0 Å². The maximum atomic E-state index is 13.8. The van der Waals surface area contributed by atoms with Crippen LogP contribution in [-0.4, -0.2) is 37.0 Å². The van der Waals surface area contributed by atoms with Crippen LogP contribution >= 0.6 is 11.8 Å². The van der Waals surface area contributed by atoms with Crippen LogP contribution in [0.1, 0.15) is 5.56 Å². The summed E-state index contributed by atoms with van der Waals surface area (Å²) < 4.78 is 28.2. The average molecular weight is 286 g/mol. The van der Waals surface area contributed by atoms with Crippen molar-refractivity contribution in [1.82, 2.24) is 20.2 Å². The maximum absolute atomic E-state index is 13.8. The lowest BCUT2D eigenvalue weighted by atomic mass is 10.2. The Morgan fingerprint density at radius 2 is 2.16 bits per heavy atom. The third kappa shape index (κ3) is 2.87. The molecule has 0 fully saturated rings. The van der Waals surface area contributed by atoms with Gasteiger partial charge in [-0.05, 0) is 29.0 Å². The zero-order valence-corrected chi connectivity index (χ0v) is 10.5. The fourth-order valence-electron chi connectivity index (χ4n) is 1.34. The lowest BCUT2D eigenvalue weighted by Crippen LogP contribution is -2.05. The normalized spacial score (nSPS) is 10.7. The Balaban J connectivity index is 2.40. The first-order valence-electron chi connectivity index (χ1n) is 5.08. The Bertz CT molecular complexity index is 632. The zero-order chi connectivity index (χ0) is 14.0. The fraction of sp³-hybridized carbons (Fsp3) is 0.200. The first-order valence-corrected chi connectivity index (χ1v) is 6.06. The molecule has 1 heterocycles. The van der Waals surface area contributed by atoms with E-state index in [4.69, 9.17) is 5.11 Å². The van der Waals surface area contributed by atoms with Crippen LogP contribution in [0.15, 0.2) is 17.3 Å². The van der Waals surface area contributed by atoms with Crippen LogP contribution in [0.3, 0.4) is 0 Å². The molecular formula is C10H8F2N4O2S. The minimum atomic E-state index is -1.06. The van der Waals surface area contributed by atoms with Crippen LogP contribution in [0.2, 0.25) is 0 Å². The molecule has 0 aliphatic rings. The Labute approximate surface area is 110 Å². The van der Waals surface area contributed by atoms with Gasteiger partial charge in [0.2, 0.25) is 5.16 Å². The molecule has 1 aromatic carbocycles. The summed E-state index contributed by atoms with van der Waals surface area (Å²) in [6, 6.07) is 1.99. The Hall–Kier alpha value is -2.03. The maximum Gasteiger partial charge on any atom is 0.313 e. The van der Waals surface area contributed by atoms with Crippen molar-refractivity contribution in [2.75, 3.05) is 5.75 Å². The van der Waals surface area contributed by atoms with Gasteiger partial charge in [-0.2, -0.15) is 4.68 Å². The third-order valence-electron chi connectivity index (χ3n) is 2.22. The molecule has 0 aliphatic heterocycles.